The molecule has 8 aliphatic carbocycles. The fourth-order valence-corrected chi connectivity index (χ4v) is 24.7. The molecule has 0 saturated heterocycles. The van der Waals surface area contributed by atoms with E-state index in [2.05, 4.69) is 288 Å². The first-order chi connectivity index (χ1) is 58.0. The molecular weight excluding hydrogens is 1440 g/mol. The largest absolute Gasteiger partial charge is 0.213 e. The lowest BCUT2D eigenvalue weighted by molar-refractivity contribution is -0.660. The lowest BCUT2D eigenvalue weighted by atomic mass is 9.62. The molecule has 9 aromatic carbocycles. The third-order valence-corrected chi connectivity index (χ3v) is 32.3. The van der Waals surface area contributed by atoms with Gasteiger partial charge in [-0.15, -0.1) is 0 Å². The second kappa shape index (κ2) is 35.7. The molecule has 8 saturated carbocycles. The van der Waals surface area contributed by atoms with E-state index in [-0.39, 0.29) is 0 Å². The van der Waals surface area contributed by atoms with Crippen molar-refractivity contribution < 1.29 is 13.7 Å². The van der Waals surface area contributed by atoms with Gasteiger partial charge in [0.2, 0.25) is 17.1 Å². The van der Waals surface area contributed by atoms with Crippen molar-refractivity contribution in [2.45, 2.75) is 301 Å². The molecule has 0 atom stereocenters. The summed E-state index contributed by atoms with van der Waals surface area (Å²) in [6.07, 6.45) is 57.5. The predicted molar refractivity (Wildman–Crippen MR) is 504 cm³/mol. The Hall–Kier alpha value is -8.79. The number of fused-ring (bicyclic) bond motifs is 3. The van der Waals surface area contributed by atoms with Crippen molar-refractivity contribution in [2.24, 2.45) is 37.4 Å². The summed E-state index contributed by atoms with van der Waals surface area (Å²) < 4.78 is 7.13. The van der Waals surface area contributed by atoms with Crippen LogP contribution in [0, 0.1) is 37.0 Å². The summed E-state index contributed by atoms with van der Waals surface area (Å²) in [4.78, 5) is 0. The topological polar surface area (TPSA) is 11.6 Å². The van der Waals surface area contributed by atoms with Crippen LogP contribution in [0.4, 0.5) is 0 Å². The highest BCUT2D eigenvalue weighted by molar-refractivity contribution is 5.92. The van der Waals surface area contributed by atoms with Gasteiger partial charge in [0.05, 0.1) is 0 Å². The van der Waals surface area contributed by atoms with Gasteiger partial charge < -0.3 is 0 Å². The van der Waals surface area contributed by atoms with Crippen molar-refractivity contribution in [3.63, 3.8) is 0 Å². The lowest BCUT2D eigenvalue weighted by Crippen LogP contribution is -2.32. The first-order valence-electron chi connectivity index (χ1n) is 48.0. The first-order valence-corrected chi connectivity index (χ1v) is 48.0. The molecule has 0 amide bonds. The minimum Gasteiger partial charge on any atom is -0.201 e. The van der Waals surface area contributed by atoms with Crippen LogP contribution in [0.2, 0.25) is 0 Å². The van der Waals surface area contributed by atoms with E-state index < -0.39 is 0 Å². The highest BCUT2D eigenvalue weighted by atomic mass is 14.9. The summed E-state index contributed by atoms with van der Waals surface area (Å²) >= 11 is 0. The SMILES string of the molecule is Cc1ccccc1-c1cc(-c2ccc3cc(C4CCC(C)(C)CC4)ccc3c2)c(C2CCCCC2)c[n+]1C.Cc1ccccc1-c1cc(-c2ccc3cc(C4CCC5(CCCC5)CC4)ccc3c2)c(C2CCCCC2)c[n+]1C.Cc1ccccc1-c1cc(-c2ccc3cc(C4CCC5(CCCCC5)CC4)ccc3c2)c(C2CCCCC2)c[n+]1C. The highest BCUT2D eigenvalue weighted by Gasteiger charge is 2.40. The Balaban J connectivity index is 0.000000123. The minimum atomic E-state index is 0.516. The van der Waals surface area contributed by atoms with Crippen molar-refractivity contribution >= 4 is 32.3 Å². The third-order valence-electron chi connectivity index (χ3n) is 32.3. The van der Waals surface area contributed by atoms with Crippen LogP contribution in [0.3, 0.4) is 0 Å². The molecule has 2 spiro atoms. The van der Waals surface area contributed by atoms with Crippen LogP contribution in [0.15, 0.2) is 219 Å². The molecule has 3 nitrogen and oxygen atoms in total. The van der Waals surface area contributed by atoms with Gasteiger partial charge in [-0.25, -0.2) is 13.7 Å². The molecule has 12 aromatic rings. The quantitative estimate of drug-likeness (QED) is 0.108. The number of pyridine rings is 3. The van der Waals surface area contributed by atoms with Gasteiger partial charge in [0.15, 0.2) is 18.6 Å². The van der Waals surface area contributed by atoms with E-state index >= 15 is 0 Å². The van der Waals surface area contributed by atoms with Gasteiger partial charge in [0.25, 0.3) is 0 Å². The molecule has 614 valence electrons. The van der Waals surface area contributed by atoms with Crippen molar-refractivity contribution in [1.82, 2.24) is 0 Å². The molecule has 8 aliphatic rings. The highest BCUT2D eigenvalue weighted by Crippen LogP contribution is 2.55. The van der Waals surface area contributed by atoms with Gasteiger partial charge in [-0.3, -0.25) is 0 Å². The molecule has 3 heterocycles. The van der Waals surface area contributed by atoms with E-state index in [1.165, 1.54) is 358 Å². The summed E-state index contributed by atoms with van der Waals surface area (Å²) in [5.74, 6) is 4.19. The number of benzene rings is 9. The summed E-state index contributed by atoms with van der Waals surface area (Å²) in [6.45, 7) is 11.6. The average molecular weight is 1570 g/mol. The Bertz CT molecular complexity index is 5570. The number of hydrogen-bond acceptors (Lipinski definition) is 0. The fraction of sp³-hybridized carbons (Fsp3) is 0.457. The summed E-state index contributed by atoms with van der Waals surface area (Å²) in [6, 6.07) is 77.8. The van der Waals surface area contributed by atoms with Crippen molar-refractivity contribution in [2.75, 3.05) is 0 Å². The van der Waals surface area contributed by atoms with Crippen LogP contribution in [0.5, 0.6) is 0 Å². The smallest absolute Gasteiger partial charge is 0.201 e. The average Bonchev–Trinajstić information content (AvgIpc) is 1.32. The zero-order valence-corrected chi connectivity index (χ0v) is 74.0. The molecule has 0 bridgehead atoms. The molecule has 8 fully saturated rings. The minimum absolute atomic E-state index is 0.516. The maximum atomic E-state index is 2.52. The molecule has 0 N–H and O–H groups in total. The molecule has 0 unspecified atom stereocenters. The van der Waals surface area contributed by atoms with Crippen molar-refractivity contribution in [3.05, 3.63) is 269 Å². The Labute approximate surface area is 716 Å². The number of aryl methyl sites for hydroxylation is 6. The van der Waals surface area contributed by atoms with Gasteiger partial charge in [-0.1, -0.05) is 249 Å². The van der Waals surface area contributed by atoms with E-state index in [0.29, 0.717) is 34.0 Å². The van der Waals surface area contributed by atoms with Gasteiger partial charge >= 0.3 is 0 Å². The van der Waals surface area contributed by atoms with Gasteiger partial charge in [-0.05, 0) is 349 Å². The number of rotatable bonds is 12. The number of hydrogen-bond donors (Lipinski definition) is 0. The molecule has 3 heteroatoms. The standard InChI is InChI=1S/C40H48N.C39H46N.C37H44N/c1-29-11-7-8-14-36(29)39-27-37(38(28-41(39)2)31-12-5-3-6-13-31)35-18-17-33-25-32(15-16-34(33)26-35)30-19-23-40(24-20-30)21-9-4-10-22-40;1-28-10-6-7-13-35(28)38-26-36(37(27-40(38)2)30-11-4-3-5-12-30)34-17-16-32-24-31(14-15-33(32)25-34)29-18-22-39(23-19-29)20-8-9-21-39;1-26-10-8-9-13-33(26)36-24-34(35(25-38(36)4)28-11-6-5-7-12-28)32-17-16-30-22-29(14-15-31(30)23-32)27-18-20-37(2,3)21-19-27/h7-8,11,14-18,25-28,30-31H,3-6,9-10,12-13,19-24H2,1-2H3;6-7,10,13-17,24-27,29-30H,3-5,8-9,11-12,18-23H2,1-2H3;8-10,13-17,22-25,27-28H,5-7,11-12,18-21H2,1-4H3/q3*+1. The van der Waals surface area contributed by atoms with Crippen LogP contribution in [-0.2, 0) is 21.1 Å². The Morgan fingerprint density at radius 3 is 0.798 bits per heavy atom. The predicted octanol–water partition coefficient (Wildman–Crippen LogP) is 31.6. The summed E-state index contributed by atoms with van der Waals surface area (Å²) in [5, 5.41) is 8.32. The summed E-state index contributed by atoms with van der Waals surface area (Å²) in [7, 11) is 6.70. The van der Waals surface area contributed by atoms with Gasteiger partial charge in [0.1, 0.15) is 21.1 Å². The second-order valence-electron chi connectivity index (χ2n) is 40.6. The maximum Gasteiger partial charge on any atom is 0.213 e. The van der Waals surface area contributed by atoms with Gasteiger partial charge in [0, 0.05) is 51.6 Å². The molecule has 3 aromatic heterocycles. The third kappa shape index (κ3) is 17.8. The van der Waals surface area contributed by atoms with Crippen molar-refractivity contribution in [3.8, 4) is 67.2 Å². The van der Waals surface area contributed by atoms with Crippen LogP contribution >= 0.6 is 0 Å². The first kappa shape index (κ1) is 81.2. The molecule has 0 aliphatic heterocycles. The Morgan fingerprint density at radius 1 is 0.235 bits per heavy atom. The molecule has 0 radical (unpaired) electrons. The van der Waals surface area contributed by atoms with Crippen LogP contribution < -0.4 is 13.7 Å². The zero-order valence-electron chi connectivity index (χ0n) is 74.0. The van der Waals surface area contributed by atoms with E-state index in [1.54, 1.807) is 22.3 Å². The monoisotopic (exact) mass is 1570 g/mol. The van der Waals surface area contributed by atoms with E-state index in [1.807, 2.05) is 0 Å². The Kier molecular flexibility index (Phi) is 24.4. The van der Waals surface area contributed by atoms with Crippen LogP contribution in [0.1, 0.15) is 331 Å². The molecule has 119 heavy (non-hydrogen) atoms. The fourth-order valence-electron chi connectivity index (χ4n) is 24.7. The van der Waals surface area contributed by atoms with Crippen molar-refractivity contribution in [1.29, 1.82) is 0 Å². The van der Waals surface area contributed by atoms with E-state index in [9.17, 15) is 0 Å². The lowest BCUT2D eigenvalue weighted by Gasteiger charge is -2.43. The van der Waals surface area contributed by atoms with Gasteiger partial charge in [-0.2, -0.15) is 0 Å². The Morgan fingerprint density at radius 2 is 0.496 bits per heavy atom. The maximum absolute atomic E-state index is 2.52. The normalized spacial score (nSPS) is 20.5. The molecular formula is C116H138N3+3. The zero-order chi connectivity index (χ0) is 81.2. The van der Waals surface area contributed by atoms with E-state index in [0.717, 1.165) is 17.8 Å². The number of nitrogens with zero attached hydrogens (tertiary/aromatic N) is 3. The van der Waals surface area contributed by atoms with E-state index in [4.69, 9.17) is 0 Å². The van der Waals surface area contributed by atoms with Crippen LogP contribution in [-0.4, -0.2) is 0 Å². The molecule has 20 rings (SSSR count). The van der Waals surface area contributed by atoms with Crippen LogP contribution in [0.25, 0.3) is 99.5 Å². The number of aromatic nitrogens is 3. The second-order valence-corrected chi connectivity index (χ2v) is 40.6. The summed E-state index contributed by atoms with van der Waals surface area (Å²) in [5.41, 5.74) is 31.5.